The third kappa shape index (κ3) is 4.15. The highest BCUT2D eigenvalue weighted by Gasteiger charge is 2.29. The third-order valence-corrected chi connectivity index (χ3v) is 2.60. The molecule has 1 rings (SSSR count). The fraction of sp³-hybridized carbons (Fsp3) is 0.900. The summed E-state index contributed by atoms with van der Waals surface area (Å²) in [6.07, 6.45) is 1.72. The van der Waals surface area contributed by atoms with Gasteiger partial charge in [0, 0.05) is 13.7 Å². The molecule has 15 heavy (non-hydrogen) atoms. The highest BCUT2D eigenvalue weighted by atomic mass is 16.5. The van der Waals surface area contributed by atoms with Gasteiger partial charge < -0.3 is 14.6 Å². The molecule has 0 aromatic carbocycles. The number of carbonyl (C=O) groups is 1. The van der Waals surface area contributed by atoms with Crippen LogP contribution in [0.15, 0.2) is 0 Å². The van der Waals surface area contributed by atoms with E-state index in [0.29, 0.717) is 26.4 Å². The van der Waals surface area contributed by atoms with Gasteiger partial charge in [-0.3, -0.25) is 9.69 Å². The molecule has 0 aromatic heterocycles. The zero-order valence-corrected chi connectivity index (χ0v) is 9.15. The zero-order chi connectivity index (χ0) is 11.1. The topological polar surface area (TPSA) is 59.0 Å². The molecular formula is C10H19NO4. The second kappa shape index (κ2) is 6.76. The number of carboxylic acid groups (broad SMARTS) is 1. The molecule has 1 N–H and O–H groups in total. The summed E-state index contributed by atoms with van der Waals surface area (Å²) in [4.78, 5) is 12.8. The highest BCUT2D eigenvalue weighted by Crippen LogP contribution is 2.16. The fourth-order valence-electron chi connectivity index (χ4n) is 1.80. The normalized spacial score (nSPS) is 22.1. The molecule has 1 heterocycles. The molecule has 1 fully saturated rings. The minimum Gasteiger partial charge on any atom is -0.480 e. The van der Waals surface area contributed by atoms with Crippen LogP contribution in [0.4, 0.5) is 0 Å². The van der Waals surface area contributed by atoms with E-state index in [-0.39, 0.29) is 6.04 Å². The maximum absolute atomic E-state index is 10.8. The Morgan fingerprint density at radius 3 is 2.93 bits per heavy atom. The number of rotatable bonds is 7. The molecule has 0 spiro atoms. The van der Waals surface area contributed by atoms with Gasteiger partial charge in [-0.15, -0.1) is 0 Å². The van der Waals surface area contributed by atoms with Crippen molar-refractivity contribution in [3.8, 4) is 0 Å². The van der Waals surface area contributed by atoms with Gasteiger partial charge >= 0.3 is 5.97 Å². The summed E-state index contributed by atoms with van der Waals surface area (Å²) in [6, 6.07) is -0.309. The molecule has 0 aliphatic carbocycles. The summed E-state index contributed by atoms with van der Waals surface area (Å²) in [5.74, 6) is -0.718. The average Bonchev–Trinajstić information content (AvgIpc) is 2.66. The SMILES string of the molecule is COCCOCCN1CCCC1C(=O)O. The van der Waals surface area contributed by atoms with Gasteiger partial charge in [-0.1, -0.05) is 0 Å². The Hall–Kier alpha value is -0.650. The van der Waals surface area contributed by atoms with Crippen LogP contribution < -0.4 is 0 Å². The summed E-state index contributed by atoms with van der Waals surface area (Å²) in [5.41, 5.74) is 0. The molecule has 1 atom stereocenters. The van der Waals surface area contributed by atoms with Gasteiger partial charge in [-0.05, 0) is 19.4 Å². The molecule has 0 bridgehead atoms. The van der Waals surface area contributed by atoms with E-state index in [1.807, 2.05) is 4.90 Å². The number of hydrogen-bond acceptors (Lipinski definition) is 4. The van der Waals surface area contributed by atoms with Crippen LogP contribution in [0.5, 0.6) is 0 Å². The van der Waals surface area contributed by atoms with Crippen molar-refractivity contribution in [2.45, 2.75) is 18.9 Å². The van der Waals surface area contributed by atoms with Crippen LogP contribution in [0.25, 0.3) is 0 Å². The Kier molecular flexibility index (Phi) is 5.60. The lowest BCUT2D eigenvalue weighted by Gasteiger charge is -2.20. The number of aliphatic carboxylic acids is 1. The first-order valence-corrected chi connectivity index (χ1v) is 5.29. The first-order chi connectivity index (χ1) is 7.25. The van der Waals surface area contributed by atoms with Gasteiger partial charge in [0.05, 0.1) is 19.8 Å². The smallest absolute Gasteiger partial charge is 0.320 e. The summed E-state index contributed by atoms with van der Waals surface area (Å²) < 4.78 is 10.1. The van der Waals surface area contributed by atoms with E-state index < -0.39 is 5.97 Å². The first kappa shape index (κ1) is 12.4. The van der Waals surface area contributed by atoms with Crippen LogP contribution in [0.3, 0.4) is 0 Å². The average molecular weight is 217 g/mol. The van der Waals surface area contributed by atoms with Gasteiger partial charge in [0.1, 0.15) is 6.04 Å². The van der Waals surface area contributed by atoms with E-state index in [2.05, 4.69) is 0 Å². The molecule has 5 heteroatoms. The Bertz CT molecular complexity index is 198. The third-order valence-electron chi connectivity index (χ3n) is 2.60. The quantitative estimate of drug-likeness (QED) is 0.617. The van der Waals surface area contributed by atoms with Gasteiger partial charge in [0.15, 0.2) is 0 Å². The molecule has 88 valence electrons. The van der Waals surface area contributed by atoms with Crippen molar-refractivity contribution in [2.24, 2.45) is 0 Å². The Morgan fingerprint density at radius 2 is 2.27 bits per heavy atom. The van der Waals surface area contributed by atoms with Crippen molar-refractivity contribution in [2.75, 3.05) is 40.0 Å². The van der Waals surface area contributed by atoms with E-state index in [9.17, 15) is 4.79 Å². The maximum atomic E-state index is 10.8. The van der Waals surface area contributed by atoms with Crippen molar-refractivity contribution < 1.29 is 19.4 Å². The van der Waals surface area contributed by atoms with Crippen LogP contribution in [0.2, 0.25) is 0 Å². The Morgan fingerprint density at radius 1 is 1.47 bits per heavy atom. The van der Waals surface area contributed by atoms with Crippen LogP contribution in [-0.4, -0.2) is 62.0 Å². The Balaban J connectivity index is 2.12. The van der Waals surface area contributed by atoms with E-state index in [4.69, 9.17) is 14.6 Å². The number of carboxylic acids is 1. The van der Waals surface area contributed by atoms with E-state index in [1.165, 1.54) is 0 Å². The first-order valence-electron chi connectivity index (χ1n) is 5.29. The van der Waals surface area contributed by atoms with Gasteiger partial charge in [-0.25, -0.2) is 0 Å². The molecule has 0 aromatic rings. The maximum Gasteiger partial charge on any atom is 0.320 e. The van der Waals surface area contributed by atoms with Gasteiger partial charge in [-0.2, -0.15) is 0 Å². The van der Waals surface area contributed by atoms with Crippen LogP contribution in [0.1, 0.15) is 12.8 Å². The predicted octanol–water partition coefficient (Wildman–Crippen LogP) is 0.198. The van der Waals surface area contributed by atoms with Gasteiger partial charge in [0.25, 0.3) is 0 Å². The fourth-order valence-corrected chi connectivity index (χ4v) is 1.80. The number of likely N-dealkylation sites (tertiary alicyclic amines) is 1. The minimum atomic E-state index is -0.718. The molecule has 1 aliphatic rings. The predicted molar refractivity (Wildman–Crippen MR) is 54.9 cm³/mol. The van der Waals surface area contributed by atoms with E-state index in [1.54, 1.807) is 7.11 Å². The monoisotopic (exact) mass is 217 g/mol. The van der Waals surface area contributed by atoms with Crippen molar-refractivity contribution in [1.82, 2.24) is 4.90 Å². The van der Waals surface area contributed by atoms with Crippen LogP contribution in [0, 0.1) is 0 Å². The molecule has 0 radical (unpaired) electrons. The molecule has 5 nitrogen and oxygen atoms in total. The van der Waals surface area contributed by atoms with Crippen molar-refractivity contribution in [3.05, 3.63) is 0 Å². The summed E-state index contributed by atoms with van der Waals surface area (Å²) in [5, 5.41) is 8.92. The molecule has 0 saturated carbocycles. The second-order valence-corrected chi connectivity index (χ2v) is 3.64. The Labute approximate surface area is 90.0 Å². The van der Waals surface area contributed by atoms with E-state index >= 15 is 0 Å². The van der Waals surface area contributed by atoms with Crippen molar-refractivity contribution in [3.63, 3.8) is 0 Å². The minimum absolute atomic E-state index is 0.309. The van der Waals surface area contributed by atoms with Gasteiger partial charge in [0.2, 0.25) is 0 Å². The number of methoxy groups -OCH3 is 1. The number of ether oxygens (including phenoxy) is 2. The highest BCUT2D eigenvalue weighted by molar-refractivity contribution is 5.73. The molecule has 1 aliphatic heterocycles. The number of nitrogens with zero attached hydrogens (tertiary/aromatic N) is 1. The standard InChI is InChI=1S/C10H19NO4/c1-14-7-8-15-6-5-11-4-2-3-9(11)10(12)13/h9H,2-8H2,1H3,(H,12,13). The summed E-state index contributed by atoms with van der Waals surface area (Å²) >= 11 is 0. The van der Waals surface area contributed by atoms with Crippen molar-refractivity contribution in [1.29, 1.82) is 0 Å². The number of hydrogen-bond donors (Lipinski definition) is 1. The second-order valence-electron chi connectivity index (χ2n) is 3.64. The lowest BCUT2D eigenvalue weighted by molar-refractivity contribution is -0.142. The van der Waals surface area contributed by atoms with Crippen molar-refractivity contribution >= 4 is 5.97 Å². The van der Waals surface area contributed by atoms with Crippen LogP contribution >= 0.6 is 0 Å². The van der Waals surface area contributed by atoms with Crippen LogP contribution in [-0.2, 0) is 14.3 Å². The molecular weight excluding hydrogens is 198 g/mol. The summed E-state index contributed by atoms with van der Waals surface area (Å²) in [6.45, 7) is 3.29. The molecule has 1 unspecified atom stereocenters. The lowest BCUT2D eigenvalue weighted by atomic mass is 10.2. The summed E-state index contributed by atoms with van der Waals surface area (Å²) in [7, 11) is 1.63. The lowest BCUT2D eigenvalue weighted by Crippen LogP contribution is -2.38. The molecule has 1 saturated heterocycles. The van der Waals surface area contributed by atoms with E-state index in [0.717, 1.165) is 19.4 Å². The zero-order valence-electron chi connectivity index (χ0n) is 9.15. The largest absolute Gasteiger partial charge is 0.480 e. The molecule has 0 amide bonds.